The summed E-state index contributed by atoms with van der Waals surface area (Å²) in [7, 11) is -3.25. The van der Waals surface area contributed by atoms with Crippen molar-refractivity contribution in [3.05, 3.63) is 88.9 Å². The normalized spacial score (nSPS) is 15.2. The Bertz CT molecular complexity index is 1170. The molecule has 0 spiro atoms. The summed E-state index contributed by atoms with van der Waals surface area (Å²) in [5.41, 5.74) is 1.68. The summed E-state index contributed by atoms with van der Waals surface area (Å²) in [4.78, 5) is 12.4. The fraction of sp³-hybridized carbons (Fsp3) is 0.208. The molecular formula is C24H21ClO5S2. The van der Waals surface area contributed by atoms with Crippen LogP contribution < -0.4 is 4.74 Å². The van der Waals surface area contributed by atoms with Crippen molar-refractivity contribution < 1.29 is 22.7 Å². The number of thioether (sulfide) groups is 1. The van der Waals surface area contributed by atoms with Crippen LogP contribution in [-0.4, -0.2) is 31.1 Å². The molecule has 1 aliphatic rings. The second-order valence-electron chi connectivity index (χ2n) is 7.42. The number of carbonyl (C=O) groups excluding carboxylic acids is 1. The largest absolute Gasteiger partial charge is 0.461 e. The number of carbonyl (C=O) groups is 1. The molecule has 0 aliphatic carbocycles. The zero-order valence-electron chi connectivity index (χ0n) is 17.1. The first-order valence-electron chi connectivity index (χ1n) is 9.99. The van der Waals surface area contributed by atoms with Gasteiger partial charge in [0, 0.05) is 16.0 Å². The number of hydrogen-bond acceptors (Lipinski definition) is 6. The highest BCUT2D eigenvalue weighted by atomic mass is 35.5. The number of ether oxygens (including phenoxy) is 2. The molecule has 32 heavy (non-hydrogen) atoms. The topological polar surface area (TPSA) is 69.7 Å². The Kier molecular flexibility index (Phi) is 7.08. The van der Waals surface area contributed by atoms with Crippen LogP contribution in [0.2, 0.25) is 5.02 Å². The van der Waals surface area contributed by atoms with E-state index in [4.69, 9.17) is 21.1 Å². The van der Waals surface area contributed by atoms with E-state index in [2.05, 4.69) is 0 Å². The van der Waals surface area contributed by atoms with E-state index < -0.39 is 9.84 Å². The predicted octanol–water partition coefficient (Wildman–Crippen LogP) is 5.31. The average molecular weight is 489 g/mol. The molecule has 166 valence electrons. The number of hydrogen-bond donors (Lipinski definition) is 0. The van der Waals surface area contributed by atoms with Gasteiger partial charge in [-0.2, -0.15) is 11.8 Å². The molecule has 3 aromatic carbocycles. The summed E-state index contributed by atoms with van der Waals surface area (Å²) in [5.74, 6) is 1.90. The van der Waals surface area contributed by atoms with E-state index in [0.717, 1.165) is 16.9 Å². The van der Waals surface area contributed by atoms with Crippen LogP contribution in [0.4, 0.5) is 0 Å². The van der Waals surface area contributed by atoms with Crippen LogP contribution in [0.25, 0.3) is 0 Å². The van der Waals surface area contributed by atoms with Crippen molar-refractivity contribution in [3.63, 3.8) is 0 Å². The van der Waals surface area contributed by atoms with Gasteiger partial charge in [0.1, 0.15) is 18.1 Å². The Labute approximate surface area is 196 Å². The van der Waals surface area contributed by atoms with E-state index in [9.17, 15) is 13.2 Å². The predicted molar refractivity (Wildman–Crippen MR) is 126 cm³/mol. The third kappa shape index (κ3) is 6.51. The molecule has 1 saturated heterocycles. The van der Waals surface area contributed by atoms with Gasteiger partial charge in [0.05, 0.1) is 17.1 Å². The smallest absolute Gasteiger partial charge is 0.310 e. The molecule has 4 rings (SSSR count). The molecule has 0 amide bonds. The Morgan fingerprint density at radius 3 is 2.06 bits per heavy atom. The Morgan fingerprint density at radius 2 is 1.47 bits per heavy atom. The van der Waals surface area contributed by atoms with Crippen LogP contribution in [0.5, 0.6) is 11.5 Å². The first-order chi connectivity index (χ1) is 15.4. The average Bonchev–Trinajstić information content (AvgIpc) is 3.58. The first kappa shape index (κ1) is 22.7. The molecule has 5 nitrogen and oxygen atoms in total. The van der Waals surface area contributed by atoms with Crippen LogP contribution in [0.3, 0.4) is 0 Å². The van der Waals surface area contributed by atoms with Crippen LogP contribution in [0.1, 0.15) is 11.1 Å². The maximum atomic E-state index is 12.3. The van der Waals surface area contributed by atoms with Crippen molar-refractivity contribution >= 4 is 39.2 Å². The second kappa shape index (κ2) is 9.98. The molecule has 1 atom stereocenters. The van der Waals surface area contributed by atoms with Gasteiger partial charge in [0.25, 0.3) is 0 Å². The number of benzene rings is 3. The quantitative estimate of drug-likeness (QED) is 0.300. The monoisotopic (exact) mass is 488 g/mol. The highest BCUT2D eigenvalue weighted by Crippen LogP contribution is 2.33. The maximum absolute atomic E-state index is 12.3. The van der Waals surface area contributed by atoms with Gasteiger partial charge in [-0.3, -0.25) is 4.79 Å². The van der Waals surface area contributed by atoms with Crippen molar-refractivity contribution in [1.82, 2.24) is 0 Å². The first-order valence-corrected chi connectivity index (χ1v) is 13.1. The molecule has 8 heteroatoms. The molecular weight excluding hydrogens is 468 g/mol. The van der Waals surface area contributed by atoms with Gasteiger partial charge >= 0.3 is 5.97 Å². The van der Waals surface area contributed by atoms with Crippen molar-refractivity contribution in [1.29, 1.82) is 0 Å². The minimum Gasteiger partial charge on any atom is -0.461 e. The van der Waals surface area contributed by atoms with Gasteiger partial charge in [-0.15, -0.1) is 0 Å². The van der Waals surface area contributed by atoms with E-state index in [1.807, 2.05) is 12.1 Å². The molecule has 0 aromatic heterocycles. The SMILES string of the molecule is O=C(Cc1ccc(Oc2ccc(S(=O)(=O)CC3CS3)cc2)cc1)OCc1ccc(Cl)cc1. The lowest BCUT2D eigenvalue weighted by Gasteiger charge is -2.09. The van der Waals surface area contributed by atoms with E-state index in [0.29, 0.717) is 21.4 Å². The standard InChI is InChI=1S/C24H21ClO5S2/c25-19-5-1-18(2-6-19)14-29-24(26)13-17-3-7-20(8-4-17)30-21-9-11-23(12-10-21)32(27,28)16-22-15-31-22/h1-12,22H,13-16H2. The van der Waals surface area contributed by atoms with E-state index >= 15 is 0 Å². The second-order valence-corrected chi connectivity index (χ2v) is 11.2. The number of sulfone groups is 1. The summed E-state index contributed by atoms with van der Waals surface area (Å²) in [5, 5.41) is 0.861. The lowest BCUT2D eigenvalue weighted by molar-refractivity contribution is -0.144. The molecule has 1 aliphatic heterocycles. The van der Waals surface area contributed by atoms with E-state index in [-0.39, 0.29) is 30.0 Å². The van der Waals surface area contributed by atoms with E-state index in [1.54, 1.807) is 72.4 Å². The van der Waals surface area contributed by atoms with Crippen LogP contribution >= 0.6 is 23.4 Å². The molecule has 1 heterocycles. The summed E-state index contributed by atoms with van der Waals surface area (Å²) in [6.07, 6.45) is 0.152. The van der Waals surface area contributed by atoms with Gasteiger partial charge in [-0.05, 0) is 59.7 Å². The summed E-state index contributed by atoms with van der Waals surface area (Å²) in [6, 6.07) is 20.7. The zero-order valence-corrected chi connectivity index (χ0v) is 19.5. The van der Waals surface area contributed by atoms with Crippen LogP contribution in [-0.2, 0) is 32.4 Å². The fourth-order valence-electron chi connectivity index (χ4n) is 2.99. The minimum atomic E-state index is -3.25. The zero-order chi connectivity index (χ0) is 22.6. The van der Waals surface area contributed by atoms with Gasteiger partial charge in [0.15, 0.2) is 9.84 Å². The van der Waals surface area contributed by atoms with E-state index in [1.165, 1.54) is 0 Å². The van der Waals surface area contributed by atoms with Gasteiger partial charge in [-0.1, -0.05) is 35.9 Å². The highest BCUT2D eigenvalue weighted by molar-refractivity contribution is 8.08. The van der Waals surface area contributed by atoms with Crippen LogP contribution in [0.15, 0.2) is 77.7 Å². The highest BCUT2D eigenvalue weighted by Gasteiger charge is 2.29. The van der Waals surface area contributed by atoms with Crippen molar-refractivity contribution in [2.24, 2.45) is 0 Å². The number of halogens is 1. The van der Waals surface area contributed by atoms with Crippen molar-refractivity contribution in [2.75, 3.05) is 11.5 Å². The molecule has 0 N–H and O–H groups in total. The van der Waals surface area contributed by atoms with Crippen molar-refractivity contribution in [3.8, 4) is 11.5 Å². The molecule has 0 radical (unpaired) electrons. The summed E-state index contributed by atoms with van der Waals surface area (Å²) < 4.78 is 35.7. The van der Waals surface area contributed by atoms with Crippen LogP contribution in [0, 0.1) is 0 Å². The van der Waals surface area contributed by atoms with Gasteiger partial charge in [0.2, 0.25) is 0 Å². The molecule has 0 bridgehead atoms. The van der Waals surface area contributed by atoms with Gasteiger partial charge in [-0.25, -0.2) is 8.42 Å². The minimum absolute atomic E-state index is 0.152. The Morgan fingerprint density at radius 1 is 0.906 bits per heavy atom. The fourth-order valence-corrected chi connectivity index (χ4v) is 5.80. The number of rotatable bonds is 9. The molecule has 0 saturated carbocycles. The molecule has 1 fully saturated rings. The third-order valence-electron chi connectivity index (χ3n) is 4.81. The maximum Gasteiger partial charge on any atom is 0.310 e. The lowest BCUT2D eigenvalue weighted by Crippen LogP contribution is -2.10. The third-order valence-corrected chi connectivity index (χ3v) is 8.08. The van der Waals surface area contributed by atoms with Crippen molar-refractivity contribution in [2.45, 2.75) is 23.2 Å². The molecule has 1 unspecified atom stereocenters. The molecule has 3 aromatic rings. The Balaban J connectivity index is 1.28. The summed E-state index contributed by atoms with van der Waals surface area (Å²) in [6.45, 7) is 0.197. The lowest BCUT2D eigenvalue weighted by atomic mass is 10.1. The van der Waals surface area contributed by atoms with Gasteiger partial charge < -0.3 is 9.47 Å². The Hall–Kier alpha value is -2.48. The number of esters is 1. The summed E-state index contributed by atoms with van der Waals surface area (Å²) >= 11 is 7.51.